The van der Waals surface area contributed by atoms with Crippen molar-refractivity contribution in [2.75, 3.05) is 0 Å². The molecular formula is C18H15Cl2N5OS. The molecule has 0 bridgehead atoms. The molecule has 0 radical (unpaired) electrons. The van der Waals surface area contributed by atoms with Crippen LogP contribution in [0.3, 0.4) is 0 Å². The summed E-state index contributed by atoms with van der Waals surface area (Å²) in [5.74, 6) is 0.428. The van der Waals surface area contributed by atoms with Crippen molar-refractivity contribution in [3.05, 3.63) is 75.5 Å². The van der Waals surface area contributed by atoms with Crippen LogP contribution in [0.15, 0.2) is 59.0 Å². The highest BCUT2D eigenvalue weighted by atomic mass is 35.5. The van der Waals surface area contributed by atoms with Crippen LogP contribution < -0.4 is 5.43 Å². The fourth-order valence-electron chi connectivity index (χ4n) is 2.15. The smallest absolute Gasteiger partial charge is 0.271 e. The van der Waals surface area contributed by atoms with Gasteiger partial charge in [0.25, 0.3) is 5.91 Å². The van der Waals surface area contributed by atoms with E-state index in [-0.39, 0.29) is 5.91 Å². The van der Waals surface area contributed by atoms with Gasteiger partial charge in [-0.3, -0.25) is 4.79 Å². The Morgan fingerprint density at radius 3 is 2.74 bits per heavy atom. The lowest BCUT2D eigenvalue weighted by atomic mass is 10.1. The lowest BCUT2D eigenvalue weighted by Crippen LogP contribution is -2.17. The van der Waals surface area contributed by atoms with Gasteiger partial charge in [0, 0.05) is 23.9 Å². The zero-order valence-corrected chi connectivity index (χ0v) is 16.6. The number of amides is 1. The van der Waals surface area contributed by atoms with Crippen LogP contribution in [0.2, 0.25) is 10.0 Å². The highest BCUT2D eigenvalue weighted by Crippen LogP contribution is 2.24. The summed E-state index contributed by atoms with van der Waals surface area (Å²) in [5, 5.41) is 13.5. The third-order valence-corrected chi connectivity index (χ3v) is 5.54. The molecule has 138 valence electrons. The second kappa shape index (κ2) is 9.03. The van der Waals surface area contributed by atoms with Crippen LogP contribution in [0.5, 0.6) is 0 Å². The van der Waals surface area contributed by atoms with Gasteiger partial charge in [-0.15, -0.1) is 10.2 Å². The zero-order chi connectivity index (χ0) is 19.2. The maximum Gasteiger partial charge on any atom is 0.271 e. The fourth-order valence-corrected chi connectivity index (χ4v) is 3.35. The van der Waals surface area contributed by atoms with Crippen molar-refractivity contribution < 1.29 is 4.79 Å². The number of rotatable bonds is 6. The summed E-state index contributed by atoms with van der Waals surface area (Å²) in [6.45, 7) is 0. The van der Waals surface area contributed by atoms with Crippen molar-refractivity contribution in [3.63, 3.8) is 0 Å². The number of aryl methyl sites for hydroxylation is 1. The molecule has 0 spiro atoms. The van der Waals surface area contributed by atoms with Crippen LogP contribution in [0.1, 0.15) is 21.5 Å². The fraction of sp³-hybridized carbons (Fsp3) is 0.111. The van der Waals surface area contributed by atoms with Gasteiger partial charge in [0.1, 0.15) is 6.33 Å². The molecule has 1 heterocycles. The largest absolute Gasteiger partial charge is 0.312 e. The van der Waals surface area contributed by atoms with Crippen LogP contribution in [0.25, 0.3) is 0 Å². The van der Waals surface area contributed by atoms with Crippen molar-refractivity contribution in [1.29, 1.82) is 0 Å². The Labute approximate surface area is 170 Å². The summed E-state index contributed by atoms with van der Waals surface area (Å²) in [7, 11) is 1.90. The highest BCUT2D eigenvalue weighted by Gasteiger charge is 2.06. The Morgan fingerprint density at radius 1 is 1.26 bits per heavy atom. The van der Waals surface area contributed by atoms with Crippen LogP contribution in [-0.4, -0.2) is 26.9 Å². The number of benzene rings is 2. The third-order valence-electron chi connectivity index (χ3n) is 3.61. The summed E-state index contributed by atoms with van der Waals surface area (Å²) in [4.78, 5) is 12.2. The average molecular weight is 420 g/mol. The van der Waals surface area contributed by atoms with Crippen LogP contribution >= 0.6 is 35.0 Å². The lowest BCUT2D eigenvalue weighted by Gasteiger charge is -2.04. The van der Waals surface area contributed by atoms with Crippen molar-refractivity contribution in [2.45, 2.75) is 10.9 Å². The van der Waals surface area contributed by atoms with Gasteiger partial charge in [-0.05, 0) is 23.8 Å². The van der Waals surface area contributed by atoms with E-state index in [2.05, 4.69) is 20.7 Å². The number of nitrogens with one attached hydrogen (secondary N) is 1. The molecule has 0 unspecified atom stereocenters. The van der Waals surface area contributed by atoms with E-state index >= 15 is 0 Å². The maximum absolute atomic E-state index is 12.2. The van der Waals surface area contributed by atoms with Gasteiger partial charge in [-0.1, -0.05) is 59.2 Å². The first kappa shape index (κ1) is 19.4. The molecule has 2 aromatic carbocycles. The monoisotopic (exact) mass is 419 g/mol. The number of thioether (sulfide) groups is 1. The summed E-state index contributed by atoms with van der Waals surface area (Å²) < 4.78 is 1.86. The van der Waals surface area contributed by atoms with Crippen LogP contribution in [-0.2, 0) is 12.8 Å². The quantitative estimate of drug-likeness (QED) is 0.369. The average Bonchev–Trinajstić information content (AvgIpc) is 3.08. The number of carbonyl (C=O) groups excluding carboxylic acids is 1. The molecule has 6 nitrogen and oxygen atoms in total. The van der Waals surface area contributed by atoms with E-state index in [0.717, 1.165) is 16.5 Å². The molecule has 3 aromatic rings. The number of aromatic nitrogens is 3. The minimum Gasteiger partial charge on any atom is -0.312 e. The summed E-state index contributed by atoms with van der Waals surface area (Å²) in [5.41, 5.74) is 4.69. The molecule has 0 atom stereocenters. The maximum atomic E-state index is 12.2. The normalized spacial score (nSPS) is 11.1. The standard InChI is InChI=1S/C18H15Cl2N5OS/c1-25-11-22-24-18(25)27-10-12-5-7-13(8-6-12)17(26)23-21-9-14-3-2-4-15(19)16(14)20/h2-9,11H,10H2,1H3,(H,23,26)/b21-9+. The number of hydrazone groups is 1. The molecule has 1 N–H and O–H groups in total. The lowest BCUT2D eigenvalue weighted by molar-refractivity contribution is 0.0955. The SMILES string of the molecule is Cn1cnnc1SCc1ccc(C(=O)N/N=C/c2cccc(Cl)c2Cl)cc1. The van der Waals surface area contributed by atoms with Gasteiger partial charge >= 0.3 is 0 Å². The predicted molar refractivity (Wildman–Crippen MR) is 109 cm³/mol. The van der Waals surface area contributed by atoms with Gasteiger partial charge < -0.3 is 4.57 Å². The van der Waals surface area contributed by atoms with Crippen molar-refractivity contribution in [3.8, 4) is 0 Å². The second-order valence-corrected chi connectivity index (χ2v) is 7.28. The van der Waals surface area contributed by atoms with E-state index in [0.29, 0.717) is 21.2 Å². The second-order valence-electron chi connectivity index (χ2n) is 5.55. The highest BCUT2D eigenvalue weighted by molar-refractivity contribution is 7.98. The van der Waals surface area contributed by atoms with Gasteiger partial charge in [0.05, 0.1) is 16.3 Å². The van der Waals surface area contributed by atoms with E-state index in [1.807, 2.05) is 23.7 Å². The van der Waals surface area contributed by atoms with E-state index in [1.54, 1.807) is 48.4 Å². The van der Waals surface area contributed by atoms with Gasteiger partial charge in [-0.2, -0.15) is 5.10 Å². The predicted octanol–water partition coefficient (Wildman–Crippen LogP) is 4.18. The molecule has 0 saturated heterocycles. The topological polar surface area (TPSA) is 72.2 Å². The molecule has 0 aliphatic rings. The minimum atomic E-state index is -0.308. The van der Waals surface area contributed by atoms with Crippen molar-refractivity contribution in [2.24, 2.45) is 12.1 Å². The Kier molecular flexibility index (Phi) is 6.49. The molecule has 27 heavy (non-hydrogen) atoms. The minimum absolute atomic E-state index is 0.308. The van der Waals surface area contributed by atoms with E-state index in [4.69, 9.17) is 23.2 Å². The van der Waals surface area contributed by atoms with E-state index in [1.165, 1.54) is 6.21 Å². The van der Waals surface area contributed by atoms with E-state index < -0.39 is 0 Å². The number of halogens is 2. The molecule has 1 amide bonds. The number of carbonyl (C=O) groups is 1. The van der Waals surface area contributed by atoms with Gasteiger partial charge in [-0.25, -0.2) is 5.43 Å². The van der Waals surface area contributed by atoms with Gasteiger partial charge in [0.15, 0.2) is 5.16 Å². The summed E-state index contributed by atoms with van der Waals surface area (Å²) in [6.07, 6.45) is 3.12. The number of hydrogen-bond acceptors (Lipinski definition) is 5. The third kappa shape index (κ3) is 5.09. The Hall–Kier alpha value is -2.35. The van der Waals surface area contributed by atoms with Gasteiger partial charge in [0.2, 0.25) is 0 Å². The summed E-state index contributed by atoms with van der Waals surface area (Å²) >= 11 is 13.6. The molecular weight excluding hydrogens is 405 g/mol. The Morgan fingerprint density at radius 2 is 2.04 bits per heavy atom. The molecule has 0 fully saturated rings. The number of nitrogens with zero attached hydrogens (tertiary/aromatic N) is 4. The summed E-state index contributed by atoms with van der Waals surface area (Å²) in [6, 6.07) is 12.5. The first-order valence-corrected chi connectivity index (χ1v) is 9.62. The van der Waals surface area contributed by atoms with E-state index in [9.17, 15) is 4.79 Å². The molecule has 3 rings (SSSR count). The molecule has 0 aliphatic heterocycles. The first-order chi connectivity index (χ1) is 13.0. The Bertz CT molecular complexity index is 972. The van der Waals surface area contributed by atoms with Crippen molar-refractivity contribution >= 4 is 47.1 Å². The zero-order valence-electron chi connectivity index (χ0n) is 14.3. The number of hydrogen-bond donors (Lipinski definition) is 1. The molecule has 0 saturated carbocycles. The van der Waals surface area contributed by atoms with Crippen LogP contribution in [0.4, 0.5) is 0 Å². The van der Waals surface area contributed by atoms with Crippen LogP contribution in [0, 0.1) is 0 Å². The molecule has 0 aliphatic carbocycles. The molecule has 1 aromatic heterocycles. The molecule has 9 heteroatoms. The van der Waals surface area contributed by atoms with Crippen molar-refractivity contribution in [1.82, 2.24) is 20.2 Å². The first-order valence-electron chi connectivity index (χ1n) is 7.88. The Balaban J connectivity index is 1.56.